The Morgan fingerprint density at radius 3 is 2.80 bits per heavy atom. The predicted molar refractivity (Wildman–Crippen MR) is 119 cm³/mol. The number of hydrogen-bond donors (Lipinski definition) is 0. The fourth-order valence-corrected chi connectivity index (χ4v) is 5.79. The van der Waals surface area contributed by atoms with Gasteiger partial charge >= 0.3 is 0 Å². The van der Waals surface area contributed by atoms with Gasteiger partial charge in [-0.15, -0.1) is 11.8 Å². The Hall–Kier alpha value is -2.78. The van der Waals surface area contributed by atoms with E-state index in [0.29, 0.717) is 25.1 Å². The van der Waals surface area contributed by atoms with Crippen molar-refractivity contribution in [2.24, 2.45) is 5.92 Å². The van der Waals surface area contributed by atoms with E-state index in [0.717, 1.165) is 28.1 Å². The smallest absolute Gasteiger partial charge is 0.268 e. The Bertz CT molecular complexity index is 1060. The first-order chi connectivity index (χ1) is 14.4. The second-order valence-corrected chi connectivity index (χ2v) is 9.65. The molecule has 0 radical (unpaired) electrons. The summed E-state index contributed by atoms with van der Waals surface area (Å²) in [5, 5.41) is 9.22. The Labute approximate surface area is 181 Å². The van der Waals surface area contributed by atoms with Crippen LogP contribution in [0.3, 0.4) is 0 Å². The van der Waals surface area contributed by atoms with Crippen LogP contribution < -0.4 is 4.90 Å². The van der Waals surface area contributed by atoms with Crippen molar-refractivity contribution in [1.82, 2.24) is 4.90 Å². The molecule has 6 heteroatoms. The highest BCUT2D eigenvalue weighted by molar-refractivity contribution is 8.01. The predicted octanol–water partition coefficient (Wildman–Crippen LogP) is 4.19. The molecule has 154 valence electrons. The second kappa shape index (κ2) is 7.81. The highest BCUT2D eigenvalue weighted by atomic mass is 32.2. The lowest BCUT2D eigenvalue weighted by Gasteiger charge is -2.33. The van der Waals surface area contributed by atoms with Crippen molar-refractivity contribution < 1.29 is 9.59 Å². The minimum absolute atomic E-state index is 0.0316. The van der Waals surface area contributed by atoms with Gasteiger partial charge in [0.15, 0.2) is 4.87 Å². The Kier molecular flexibility index (Phi) is 5.33. The lowest BCUT2D eigenvalue weighted by Crippen LogP contribution is -2.50. The van der Waals surface area contributed by atoms with Crippen molar-refractivity contribution in [2.45, 2.75) is 38.6 Å². The summed E-state index contributed by atoms with van der Waals surface area (Å²) in [7, 11) is 0. The average Bonchev–Trinajstić information content (AvgIpc) is 3.25. The topological polar surface area (TPSA) is 64.4 Å². The van der Waals surface area contributed by atoms with Crippen LogP contribution in [0.15, 0.2) is 42.5 Å². The fourth-order valence-electron chi connectivity index (χ4n) is 4.32. The summed E-state index contributed by atoms with van der Waals surface area (Å²) in [5.74, 6) is 0.938. The molecule has 2 aromatic rings. The molecule has 0 saturated carbocycles. The van der Waals surface area contributed by atoms with E-state index in [1.807, 2.05) is 57.2 Å². The molecule has 1 atom stereocenters. The third-order valence-electron chi connectivity index (χ3n) is 5.63. The van der Waals surface area contributed by atoms with E-state index in [4.69, 9.17) is 0 Å². The molecular formula is C24H25N3O2S. The molecule has 30 heavy (non-hydrogen) atoms. The zero-order chi connectivity index (χ0) is 21.5. The van der Waals surface area contributed by atoms with Crippen LogP contribution in [0, 0.1) is 24.2 Å². The van der Waals surface area contributed by atoms with Crippen LogP contribution in [0.25, 0.3) is 0 Å². The summed E-state index contributed by atoms with van der Waals surface area (Å²) < 4.78 is 0. The Morgan fingerprint density at radius 2 is 2.07 bits per heavy atom. The first-order valence-corrected chi connectivity index (χ1v) is 11.2. The molecule has 0 aromatic heterocycles. The van der Waals surface area contributed by atoms with Gasteiger partial charge in [-0.05, 0) is 36.6 Å². The second-order valence-electron chi connectivity index (χ2n) is 8.36. The quantitative estimate of drug-likeness (QED) is 0.745. The summed E-state index contributed by atoms with van der Waals surface area (Å²) in [4.78, 5) is 29.6. The average molecular weight is 420 g/mol. The van der Waals surface area contributed by atoms with Crippen LogP contribution in [0.5, 0.6) is 0 Å². The van der Waals surface area contributed by atoms with E-state index < -0.39 is 4.87 Å². The molecule has 2 aliphatic rings. The minimum Gasteiger partial charge on any atom is -0.315 e. The molecule has 4 rings (SSSR count). The number of aryl methyl sites for hydroxylation is 1. The molecule has 0 aliphatic carbocycles. The van der Waals surface area contributed by atoms with Gasteiger partial charge in [-0.25, -0.2) is 0 Å². The first-order valence-electron chi connectivity index (χ1n) is 10.2. The van der Waals surface area contributed by atoms with Gasteiger partial charge in [0.1, 0.15) is 0 Å². The third kappa shape index (κ3) is 3.27. The number of amides is 2. The molecule has 2 aromatic carbocycles. The monoisotopic (exact) mass is 419 g/mol. The Balaban J connectivity index is 1.78. The van der Waals surface area contributed by atoms with E-state index in [-0.39, 0.29) is 17.7 Å². The third-order valence-corrected chi connectivity index (χ3v) is 7.05. The maximum absolute atomic E-state index is 13.9. The number of nitriles is 1. The molecule has 1 spiro atoms. The van der Waals surface area contributed by atoms with E-state index in [1.54, 1.807) is 27.6 Å². The molecule has 2 aliphatic heterocycles. The van der Waals surface area contributed by atoms with E-state index in [1.165, 1.54) is 0 Å². The number of fused-ring (bicyclic) bond motifs is 2. The van der Waals surface area contributed by atoms with Crippen LogP contribution in [0.4, 0.5) is 5.69 Å². The maximum atomic E-state index is 13.9. The normalized spacial score (nSPS) is 20.2. The lowest BCUT2D eigenvalue weighted by atomic mass is 10.0. The number of carbonyl (C=O) groups excluding carboxylic acids is 2. The summed E-state index contributed by atoms with van der Waals surface area (Å²) in [6, 6.07) is 15.5. The van der Waals surface area contributed by atoms with Gasteiger partial charge < -0.3 is 9.80 Å². The van der Waals surface area contributed by atoms with Crippen molar-refractivity contribution in [3.8, 4) is 6.07 Å². The van der Waals surface area contributed by atoms with Crippen molar-refractivity contribution >= 4 is 29.3 Å². The number of hydrogen-bond acceptors (Lipinski definition) is 4. The van der Waals surface area contributed by atoms with Gasteiger partial charge in [0.2, 0.25) is 5.91 Å². The molecule has 1 fully saturated rings. The van der Waals surface area contributed by atoms with Crippen LogP contribution in [-0.4, -0.2) is 29.0 Å². The lowest BCUT2D eigenvalue weighted by molar-refractivity contribution is -0.140. The number of thioether (sulfide) groups is 1. The van der Waals surface area contributed by atoms with Crippen LogP contribution in [-0.2, 0) is 21.0 Å². The molecule has 1 saturated heterocycles. The zero-order valence-electron chi connectivity index (χ0n) is 17.5. The SMILES string of the molecule is Cc1ccc2c(c1)C1(SCCN1C(=O)CC(C)C)C(=O)N2Cc1cccc(C#N)c1. The molecule has 2 heterocycles. The summed E-state index contributed by atoms with van der Waals surface area (Å²) in [6.45, 7) is 7.01. The van der Waals surface area contributed by atoms with Gasteiger partial charge in [-0.3, -0.25) is 9.59 Å². The number of rotatable bonds is 4. The molecule has 5 nitrogen and oxygen atoms in total. The molecule has 0 bridgehead atoms. The van der Waals surface area contributed by atoms with Gasteiger partial charge in [-0.1, -0.05) is 43.7 Å². The van der Waals surface area contributed by atoms with Gasteiger partial charge in [0, 0.05) is 24.3 Å². The number of anilines is 1. The fraction of sp³-hybridized carbons (Fsp3) is 0.375. The number of nitrogens with zero attached hydrogens (tertiary/aromatic N) is 3. The molecule has 0 N–H and O–H groups in total. The van der Waals surface area contributed by atoms with Gasteiger partial charge in [0.05, 0.1) is 23.9 Å². The highest BCUT2D eigenvalue weighted by Gasteiger charge is 2.59. The maximum Gasteiger partial charge on any atom is 0.268 e. The first kappa shape index (κ1) is 20.5. The summed E-state index contributed by atoms with van der Waals surface area (Å²) in [5.41, 5.74) is 4.29. The summed E-state index contributed by atoms with van der Waals surface area (Å²) in [6.07, 6.45) is 0.432. The van der Waals surface area contributed by atoms with Crippen LogP contribution in [0.2, 0.25) is 0 Å². The molecule has 2 amide bonds. The van der Waals surface area contributed by atoms with Crippen LogP contribution in [0.1, 0.15) is 42.5 Å². The van der Waals surface area contributed by atoms with Gasteiger partial charge in [0.25, 0.3) is 5.91 Å². The van der Waals surface area contributed by atoms with Crippen molar-refractivity contribution in [1.29, 1.82) is 5.26 Å². The van der Waals surface area contributed by atoms with Crippen molar-refractivity contribution in [2.75, 3.05) is 17.2 Å². The van der Waals surface area contributed by atoms with Gasteiger partial charge in [-0.2, -0.15) is 5.26 Å². The van der Waals surface area contributed by atoms with Crippen molar-refractivity contribution in [3.05, 3.63) is 64.7 Å². The number of benzene rings is 2. The van der Waals surface area contributed by atoms with Crippen LogP contribution >= 0.6 is 11.8 Å². The zero-order valence-corrected chi connectivity index (χ0v) is 18.3. The highest BCUT2D eigenvalue weighted by Crippen LogP contribution is 2.54. The molecular weight excluding hydrogens is 394 g/mol. The summed E-state index contributed by atoms with van der Waals surface area (Å²) >= 11 is 1.56. The Morgan fingerprint density at radius 1 is 1.27 bits per heavy atom. The van der Waals surface area contributed by atoms with E-state index in [2.05, 4.69) is 6.07 Å². The number of carbonyl (C=O) groups is 2. The van der Waals surface area contributed by atoms with Crippen molar-refractivity contribution in [3.63, 3.8) is 0 Å². The minimum atomic E-state index is -0.986. The molecule has 1 unspecified atom stereocenters. The largest absolute Gasteiger partial charge is 0.315 e. The van der Waals surface area contributed by atoms with E-state index in [9.17, 15) is 14.9 Å². The standard InChI is InChI=1S/C24H25N3O2S/c1-16(2)11-22(28)27-9-10-30-24(27)20-12-17(3)7-8-21(20)26(23(24)29)15-19-6-4-5-18(13-19)14-25/h4-8,12-13,16H,9-11,15H2,1-3H3. The van der Waals surface area contributed by atoms with E-state index >= 15 is 0 Å².